The number of amides is 2. The number of carbonyl (C=O) groups is 1. The van der Waals surface area contributed by atoms with E-state index in [-0.39, 0.29) is 55.9 Å². The van der Waals surface area contributed by atoms with E-state index in [2.05, 4.69) is 15.1 Å². The Hall–Kier alpha value is -1.40. The Morgan fingerprint density at radius 2 is 1.67 bits per heavy atom. The zero-order chi connectivity index (χ0) is 21.8. The van der Waals surface area contributed by atoms with Crippen molar-refractivity contribution in [2.45, 2.75) is 24.4 Å². The number of rotatable bonds is 5. The van der Waals surface area contributed by atoms with Crippen LogP contribution in [0.2, 0.25) is 0 Å². The van der Waals surface area contributed by atoms with Crippen molar-refractivity contribution in [3.63, 3.8) is 0 Å². The molecular weight excluding hydrogens is 478 g/mol. The molecule has 0 unspecified atom stereocenters. The van der Waals surface area contributed by atoms with Gasteiger partial charge in [0.1, 0.15) is 18.0 Å². The van der Waals surface area contributed by atoms with Gasteiger partial charge in [0.15, 0.2) is 0 Å². The van der Waals surface area contributed by atoms with E-state index < -0.39 is 18.3 Å². The molecular formula is C21H33Cl2FN4O5. The molecule has 33 heavy (non-hydrogen) atoms. The summed E-state index contributed by atoms with van der Waals surface area (Å²) in [6.07, 6.45) is -1.94. The minimum atomic E-state index is -0.840. The highest BCUT2D eigenvalue weighted by molar-refractivity contribution is 5.85. The number of carbonyl (C=O) groups excluding carboxylic acids is 1. The predicted octanol–water partition coefficient (Wildman–Crippen LogP) is 0.322. The standard InChI is InChI=1S/C21H31FN4O5.2ClH/c22-15-1-3-16(4-2-15)24-5-7-25(8-6-24)19-17(31-18(14-27)20(19)28)13-23-21(29)26-9-11-30-12-10-26;;/h1-4,17-20,27-28H,5-14H2,(H,23,29);2*1H/t17-,18+,19+,20-;;/m1../s1. The van der Waals surface area contributed by atoms with Crippen LogP contribution in [0.1, 0.15) is 0 Å². The Labute approximate surface area is 205 Å². The second-order valence-corrected chi connectivity index (χ2v) is 8.16. The molecule has 3 saturated heterocycles. The van der Waals surface area contributed by atoms with Crippen LogP contribution in [-0.4, -0.2) is 116 Å². The zero-order valence-electron chi connectivity index (χ0n) is 18.3. The molecule has 12 heteroatoms. The van der Waals surface area contributed by atoms with Crippen LogP contribution in [0.25, 0.3) is 0 Å². The first-order valence-electron chi connectivity index (χ1n) is 10.9. The normalized spacial score (nSPS) is 28.1. The maximum atomic E-state index is 13.2. The molecule has 0 aliphatic carbocycles. The third-order valence-corrected chi connectivity index (χ3v) is 6.32. The Morgan fingerprint density at radius 1 is 1.03 bits per heavy atom. The van der Waals surface area contributed by atoms with Crippen molar-refractivity contribution in [1.29, 1.82) is 0 Å². The van der Waals surface area contributed by atoms with Gasteiger partial charge in [0.05, 0.1) is 32.0 Å². The SMILES string of the molecule is Cl.Cl.O=C(NC[C@H]1O[C@@H](CO)[C@@H](O)[C@H]1N1CCN(c2ccc(F)cc2)CC1)N1CCOCC1. The first-order chi connectivity index (χ1) is 15.1. The predicted molar refractivity (Wildman–Crippen MR) is 126 cm³/mol. The lowest BCUT2D eigenvalue weighted by Gasteiger charge is -2.41. The van der Waals surface area contributed by atoms with Crippen molar-refractivity contribution in [3.05, 3.63) is 30.1 Å². The number of aliphatic hydroxyl groups is 2. The van der Waals surface area contributed by atoms with Crippen LogP contribution in [0.5, 0.6) is 0 Å². The third kappa shape index (κ3) is 6.60. The molecule has 0 saturated carbocycles. The van der Waals surface area contributed by atoms with E-state index in [9.17, 15) is 19.4 Å². The van der Waals surface area contributed by atoms with Gasteiger partial charge < -0.3 is 34.8 Å². The van der Waals surface area contributed by atoms with E-state index >= 15 is 0 Å². The van der Waals surface area contributed by atoms with E-state index in [1.54, 1.807) is 17.0 Å². The van der Waals surface area contributed by atoms with Gasteiger partial charge in [-0.2, -0.15) is 0 Å². The number of anilines is 1. The van der Waals surface area contributed by atoms with Gasteiger partial charge >= 0.3 is 6.03 Å². The minimum Gasteiger partial charge on any atom is -0.394 e. The number of hydrogen-bond acceptors (Lipinski definition) is 7. The summed E-state index contributed by atoms with van der Waals surface area (Å²) in [6, 6.07) is 5.95. The molecule has 3 fully saturated rings. The number of nitrogens with one attached hydrogen (secondary N) is 1. The number of urea groups is 1. The van der Waals surface area contributed by atoms with Crippen molar-refractivity contribution in [3.8, 4) is 0 Å². The third-order valence-electron chi connectivity index (χ3n) is 6.32. The molecule has 9 nitrogen and oxygen atoms in total. The first kappa shape index (κ1) is 27.8. The molecule has 0 bridgehead atoms. The van der Waals surface area contributed by atoms with Gasteiger partial charge in [-0.15, -0.1) is 24.8 Å². The molecule has 188 valence electrons. The second kappa shape index (κ2) is 12.9. The topological polar surface area (TPSA) is 97.7 Å². The number of piperazine rings is 1. The van der Waals surface area contributed by atoms with Crippen LogP contribution in [0, 0.1) is 5.82 Å². The summed E-state index contributed by atoms with van der Waals surface area (Å²) >= 11 is 0. The van der Waals surface area contributed by atoms with Gasteiger partial charge in [-0.1, -0.05) is 0 Å². The molecule has 4 atom stereocenters. The number of nitrogens with zero attached hydrogens (tertiary/aromatic N) is 3. The van der Waals surface area contributed by atoms with Gasteiger partial charge in [-0.05, 0) is 24.3 Å². The number of hydrogen-bond donors (Lipinski definition) is 3. The maximum absolute atomic E-state index is 13.2. The summed E-state index contributed by atoms with van der Waals surface area (Å²) in [7, 11) is 0. The lowest BCUT2D eigenvalue weighted by Crippen LogP contribution is -2.58. The largest absolute Gasteiger partial charge is 0.394 e. The molecule has 3 aliphatic rings. The lowest BCUT2D eigenvalue weighted by molar-refractivity contribution is -0.0211. The number of halogens is 3. The Kier molecular flexibility index (Phi) is 10.9. The van der Waals surface area contributed by atoms with E-state index in [1.807, 2.05) is 0 Å². The Morgan fingerprint density at radius 3 is 2.27 bits per heavy atom. The number of morpholine rings is 1. The quantitative estimate of drug-likeness (QED) is 0.524. The van der Waals surface area contributed by atoms with Gasteiger partial charge in [-0.25, -0.2) is 9.18 Å². The minimum absolute atomic E-state index is 0. The highest BCUT2D eigenvalue weighted by atomic mass is 35.5. The van der Waals surface area contributed by atoms with Crippen LogP contribution in [-0.2, 0) is 9.47 Å². The van der Waals surface area contributed by atoms with E-state index in [1.165, 1.54) is 12.1 Å². The zero-order valence-corrected chi connectivity index (χ0v) is 20.0. The Balaban J connectivity index is 0.00000193. The van der Waals surface area contributed by atoms with Crippen molar-refractivity contribution in [2.75, 3.05) is 70.5 Å². The number of ether oxygens (including phenoxy) is 2. The number of aliphatic hydroxyl groups excluding tert-OH is 2. The smallest absolute Gasteiger partial charge is 0.317 e. The fourth-order valence-corrected chi connectivity index (χ4v) is 4.59. The van der Waals surface area contributed by atoms with Gasteiger partial charge in [0, 0.05) is 51.5 Å². The molecule has 3 N–H and O–H groups in total. The van der Waals surface area contributed by atoms with Crippen LogP contribution >= 0.6 is 24.8 Å². The first-order valence-corrected chi connectivity index (χ1v) is 10.9. The van der Waals surface area contributed by atoms with Gasteiger partial charge in [0.25, 0.3) is 0 Å². The number of benzene rings is 1. The summed E-state index contributed by atoms with van der Waals surface area (Å²) in [5, 5.41) is 23.3. The molecule has 0 radical (unpaired) electrons. The monoisotopic (exact) mass is 510 g/mol. The summed E-state index contributed by atoms with van der Waals surface area (Å²) < 4.78 is 24.4. The van der Waals surface area contributed by atoms with Gasteiger partial charge in [-0.3, -0.25) is 4.90 Å². The van der Waals surface area contributed by atoms with E-state index in [0.29, 0.717) is 39.4 Å². The summed E-state index contributed by atoms with van der Waals surface area (Å²) in [4.78, 5) is 18.5. The average Bonchev–Trinajstić information content (AvgIpc) is 3.14. The summed E-state index contributed by atoms with van der Waals surface area (Å²) in [5.74, 6) is -0.259. The second-order valence-electron chi connectivity index (χ2n) is 8.16. The van der Waals surface area contributed by atoms with E-state index in [0.717, 1.165) is 18.8 Å². The van der Waals surface area contributed by atoms with Crippen LogP contribution in [0.15, 0.2) is 24.3 Å². The highest BCUT2D eigenvalue weighted by Crippen LogP contribution is 2.27. The molecule has 0 spiro atoms. The molecule has 2 amide bonds. The maximum Gasteiger partial charge on any atom is 0.317 e. The van der Waals surface area contributed by atoms with Crippen LogP contribution < -0.4 is 10.2 Å². The highest BCUT2D eigenvalue weighted by Gasteiger charge is 2.46. The van der Waals surface area contributed by atoms with Crippen molar-refractivity contribution in [2.24, 2.45) is 0 Å². The molecule has 1 aromatic rings. The summed E-state index contributed by atoms with van der Waals surface area (Å²) in [5.41, 5.74) is 0.965. The van der Waals surface area contributed by atoms with Crippen molar-refractivity contribution >= 4 is 36.5 Å². The molecule has 0 aromatic heterocycles. The fraction of sp³-hybridized carbons (Fsp3) is 0.667. The summed E-state index contributed by atoms with van der Waals surface area (Å²) in [6.45, 7) is 4.97. The van der Waals surface area contributed by atoms with Crippen LogP contribution in [0.4, 0.5) is 14.9 Å². The molecule has 4 rings (SSSR count). The molecule has 1 aromatic carbocycles. The van der Waals surface area contributed by atoms with E-state index in [4.69, 9.17) is 9.47 Å². The van der Waals surface area contributed by atoms with Crippen LogP contribution in [0.3, 0.4) is 0 Å². The van der Waals surface area contributed by atoms with Crippen molar-refractivity contribution < 1.29 is 28.9 Å². The Bertz CT molecular complexity index is 736. The average molecular weight is 511 g/mol. The fourth-order valence-electron chi connectivity index (χ4n) is 4.59. The lowest BCUT2D eigenvalue weighted by atomic mass is 10.0. The molecule has 3 heterocycles. The van der Waals surface area contributed by atoms with Gasteiger partial charge in [0.2, 0.25) is 0 Å². The van der Waals surface area contributed by atoms with Crippen molar-refractivity contribution in [1.82, 2.24) is 15.1 Å². The molecule has 3 aliphatic heterocycles.